The van der Waals surface area contributed by atoms with Gasteiger partial charge in [-0.2, -0.15) is 0 Å². The average molecular weight is 333 g/mol. The van der Waals surface area contributed by atoms with Gasteiger partial charge in [0, 0.05) is 0 Å². The first kappa shape index (κ1) is 20.7. The van der Waals surface area contributed by atoms with Crippen molar-refractivity contribution in [1.29, 1.82) is 0 Å². The highest BCUT2D eigenvalue weighted by atomic mass is 14.1. The summed E-state index contributed by atoms with van der Waals surface area (Å²) in [5, 5.41) is 0. The van der Waals surface area contributed by atoms with E-state index in [0.717, 1.165) is 18.4 Å². The maximum Gasteiger partial charge on any atom is -0.00831 e. The van der Waals surface area contributed by atoms with Crippen LogP contribution in [-0.4, -0.2) is 0 Å². The van der Waals surface area contributed by atoms with Crippen LogP contribution in [0.1, 0.15) is 55.9 Å². The standard InChI is InChI=1S/C22H24.C3H8/c1-5-20(15-10-14-19-12-7-6-8-13-19)22-18(4)11-9-16-21(22)17(2)3;1-3-2/h5-9,11-13,15-16H,1-2,10,14H2,3-4H3;3H2,1-2H3/b20-15-;. The lowest BCUT2D eigenvalue weighted by molar-refractivity contribution is 1.00. The quantitative estimate of drug-likeness (QED) is 0.477. The van der Waals surface area contributed by atoms with Gasteiger partial charge in [-0.3, -0.25) is 0 Å². The average Bonchev–Trinajstić information content (AvgIpc) is 2.60. The Hall–Kier alpha value is -2.34. The number of hydrogen-bond acceptors (Lipinski definition) is 0. The summed E-state index contributed by atoms with van der Waals surface area (Å²) in [7, 11) is 0. The van der Waals surface area contributed by atoms with E-state index in [2.05, 4.69) is 95.5 Å². The fraction of sp³-hybridized carbons (Fsp3) is 0.280. The van der Waals surface area contributed by atoms with Crippen LogP contribution in [0.15, 0.2) is 73.8 Å². The molecule has 0 N–H and O–H groups in total. The zero-order valence-corrected chi connectivity index (χ0v) is 16.3. The summed E-state index contributed by atoms with van der Waals surface area (Å²) in [4.78, 5) is 0. The van der Waals surface area contributed by atoms with Crippen molar-refractivity contribution in [2.75, 3.05) is 0 Å². The van der Waals surface area contributed by atoms with Gasteiger partial charge < -0.3 is 0 Å². The first-order valence-electron chi connectivity index (χ1n) is 9.17. The van der Waals surface area contributed by atoms with Crippen LogP contribution < -0.4 is 0 Å². The second-order valence-electron chi connectivity index (χ2n) is 6.37. The van der Waals surface area contributed by atoms with Crippen molar-refractivity contribution in [2.24, 2.45) is 0 Å². The van der Waals surface area contributed by atoms with Crippen LogP contribution in [0.4, 0.5) is 0 Å². The molecule has 0 fully saturated rings. The number of allylic oxidation sites excluding steroid dienone is 4. The first-order chi connectivity index (χ1) is 12.0. The summed E-state index contributed by atoms with van der Waals surface area (Å²) >= 11 is 0. The molecule has 0 unspecified atom stereocenters. The minimum absolute atomic E-state index is 1.01. The zero-order valence-electron chi connectivity index (χ0n) is 16.3. The van der Waals surface area contributed by atoms with Crippen LogP contribution in [-0.2, 0) is 6.42 Å². The Kier molecular flexibility index (Phi) is 9.32. The third-order valence-corrected chi connectivity index (χ3v) is 3.88. The van der Waals surface area contributed by atoms with E-state index in [9.17, 15) is 0 Å². The second-order valence-corrected chi connectivity index (χ2v) is 6.37. The number of rotatable bonds is 6. The summed E-state index contributed by atoms with van der Waals surface area (Å²) in [5.41, 5.74) is 7.41. The number of hydrogen-bond donors (Lipinski definition) is 0. The van der Waals surface area contributed by atoms with Gasteiger partial charge in [-0.1, -0.05) is 99.7 Å². The molecule has 25 heavy (non-hydrogen) atoms. The van der Waals surface area contributed by atoms with E-state index in [-0.39, 0.29) is 0 Å². The maximum absolute atomic E-state index is 4.11. The molecule has 0 amide bonds. The topological polar surface area (TPSA) is 0 Å². The van der Waals surface area contributed by atoms with Gasteiger partial charge in [-0.15, -0.1) is 0 Å². The molecule has 0 aliphatic rings. The molecule has 0 aliphatic heterocycles. The highest BCUT2D eigenvalue weighted by Crippen LogP contribution is 2.29. The smallest absolute Gasteiger partial charge is 0.00831 e. The van der Waals surface area contributed by atoms with Gasteiger partial charge in [-0.25, -0.2) is 0 Å². The molecule has 0 heterocycles. The second kappa shape index (κ2) is 11.3. The van der Waals surface area contributed by atoms with Crippen molar-refractivity contribution in [3.05, 3.63) is 96.1 Å². The van der Waals surface area contributed by atoms with Gasteiger partial charge >= 0.3 is 0 Å². The molecule has 0 atom stereocenters. The highest BCUT2D eigenvalue weighted by Gasteiger charge is 2.08. The van der Waals surface area contributed by atoms with Crippen molar-refractivity contribution in [1.82, 2.24) is 0 Å². The van der Waals surface area contributed by atoms with E-state index in [0.29, 0.717) is 0 Å². The fourth-order valence-electron chi connectivity index (χ4n) is 2.73. The molecule has 0 bridgehead atoms. The predicted octanol–water partition coefficient (Wildman–Crippen LogP) is 7.65. The van der Waals surface area contributed by atoms with Crippen molar-refractivity contribution in [3.8, 4) is 0 Å². The molecule has 0 aliphatic carbocycles. The van der Waals surface area contributed by atoms with Gasteiger partial charge in [0.15, 0.2) is 0 Å². The Morgan fingerprint density at radius 3 is 2.20 bits per heavy atom. The van der Waals surface area contributed by atoms with Crippen LogP contribution >= 0.6 is 0 Å². The Bertz CT molecular complexity index is 702. The van der Waals surface area contributed by atoms with Crippen LogP contribution in [0.2, 0.25) is 0 Å². The first-order valence-corrected chi connectivity index (χ1v) is 9.17. The fourth-order valence-corrected chi connectivity index (χ4v) is 2.73. The van der Waals surface area contributed by atoms with Crippen LogP contribution in [0.25, 0.3) is 11.1 Å². The predicted molar refractivity (Wildman–Crippen MR) is 115 cm³/mol. The summed E-state index contributed by atoms with van der Waals surface area (Å²) in [5.74, 6) is 0. The lowest BCUT2D eigenvalue weighted by Gasteiger charge is -2.14. The van der Waals surface area contributed by atoms with Gasteiger partial charge in [-0.05, 0) is 54.5 Å². The van der Waals surface area contributed by atoms with Crippen LogP contribution in [0, 0.1) is 6.92 Å². The third-order valence-electron chi connectivity index (χ3n) is 3.88. The molecule has 2 aromatic carbocycles. The van der Waals surface area contributed by atoms with E-state index in [1.54, 1.807) is 0 Å². The Labute approximate surface area is 154 Å². The van der Waals surface area contributed by atoms with E-state index in [1.807, 2.05) is 6.08 Å². The molecule has 0 heteroatoms. The van der Waals surface area contributed by atoms with Crippen molar-refractivity contribution in [3.63, 3.8) is 0 Å². The Morgan fingerprint density at radius 1 is 1.00 bits per heavy atom. The number of aryl methyl sites for hydroxylation is 2. The Morgan fingerprint density at radius 2 is 1.64 bits per heavy atom. The number of benzene rings is 2. The maximum atomic E-state index is 4.11. The largest absolute Gasteiger partial charge is 0.0985 e. The van der Waals surface area contributed by atoms with Crippen molar-refractivity contribution < 1.29 is 0 Å². The highest BCUT2D eigenvalue weighted by molar-refractivity contribution is 5.84. The molecular formula is C25H32. The van der Waals surface area contributed by atoms with Gasteiger partial charge in [0.05, 0.1) is 0 Å². The van der Waals surface area contributed by atoms with Gasteiger partial charge in [0.25, 0.3) is 0 Å². The minimum Gasteiger partial charge on any atom is -0.0985 e. The SMILES string of the molecule is C=C/C(=C/CCc1ccccc1)c1c(C)cccc1C(=C)C.CCC. The van der Waals surface area contributed by atoms with Crippen molar-refractivity contribution >= 4 is 11.1 Å². The molecule has 0 aromatic heterocycles. The van der Waals surface area contributed by atoms with Crippen LogP contribution in [0.3, 0.4) is 0 Å². The molecule has 0 saturated carbocycles. The molecule has 0 radical (unpaired) electrons. The molecule has 2 aromatic rings. The molecule has 0 spiro atoms. The van der Waals surface area contributed by atoms with Crippen molar-refractivity contribution in [2.45, 2.75) is 47.0 Å². The minimum atomic E-state index is 1.01. The summed E-state index contributed by atoms with van der Waals surface area (Å²) in [6.07, 6.45) is 7.55. The van der Waals surface area contributed by atoms with E-state index < -0.39 is 0 Å². The zero-order chi connectivity index (χ0) is 18.7. The third kappa shape index (κ3) is 6.58. The lowest BCUT2D eigenvalue weighted by atomic mass is 9.91. The summed E-state index contributed by atoms with van der Waals surface area (Å²) < 4.78 is 0. The van der Waals surface area contributed by atoms with E-state index in [4.69, 9.17) is 0 Å². The molecule has 0 saturated heterocycles. The van der Waals surface area contributed by atoms with E-state index in [1.165, 1.54) is 34.2 Å². The molecule has 132 valence electrons. The monoisotopic (exact) mass is 332 g/mol. The van der Waals surface area contributed by atoms with Gasteiger partial charge in [0.1, 0.15) is 0 Å². The molecular weight excluding hydrogens is 300 g/mol. The summed E-state index contributed by atoms with van der Waals surface area (Å²) in [6, 6.07) is 17.0. The van der Waals surface area contributed by atoms with Crippen LogP contribution in [0.5, 0.6) is 0 Å². The normalized spacial score (nSPS) is 10.6. The molecule has 2 rings (SSSR count). The Balaban J connectivity index is 0.000000970. The van der Waals surface area contributed by atoms with Gasteiger partial charge in [0.2, 0.25) is 0 Å². The molecule has 0 nitrogen and oxygen atoms in total. The summed E-state index contributed by atoms with van der Waals surface area (Å²) in [6.45, 7) is 16.6. The lowest BCUT2D eigenvalue weighted by Crippen LogP contribution is -1.94. The van der Waals surface area contributed by atoms with E-state index >= 15 is 0 Å².